The van der Waals surface area contributed by atoms with Crippen LogP contribution in [0.15, 0.2) is 58.8 Å². The maximum atomic E-state index is 5.58. The lowest BCUT2D eigenvalue weighted by Crippen LogP contribution is -1.80. The topological polar surface area (TPSA) is 50.7 Å². The first-order valence-corrected chi connectivity index (χ1v) is 5.85. The van der Waals surface area contributed by atoms with Gasteiger partial charge in [0.2, 0.25) is 0 Å². The van der Waals surface area contributed by atoms with Crippen molar-refractivity contribution in [2.45, 2.75) is 0 Å². The van der Waals surface area contributed by atoms with Gasteiger partial charge in [0.05, 0.1) is 11.4 Å². The number of benzene rings is 2. The summed E-state index contributed by atoms with van der Waals surface area (Å²) in [5.74, 6) is 0. The fourth-order valence-corrected chi connectivity index (χ4v) is 1.52. The number of rotatable bonds is 2. The van der Waals surface area contributed by atoms with E-state index in [0.717, 1.165) is 17.1 Å². The van der Waals surface area contributed by atoms with E-state index in [0.29, 0.717) is 0 Å². The van der Waals surface area contributed by atoms with Crippen molar-refractivity contribution in [1.82, 2.24) is 0 Å². The molecule has 3 nitrogen and oxygen atoms in total. The van der Waals surface area contributed by atoms with Crippen molar-refractivity contribution in [3.05, 3.63) is 52.1 Å². The number of hydrogen-bond acceptors (Lipinski definition) is 3. The summed E-state index contributed by atoms with van der Waals surface area (Å²) < 4.78 is 1.18. The molecule has 0 spiro atoms. The van der Waals surface area contributed by atoms with E-state index in [1.54, 1.807) is 0 Å². The number of nitrogens with two attached hydrogens (primary N) is 1. The van der Waals surface area contributed by atoms with Gasteiger partial charge in [0.15, 0.2) is 0 Å². The standard InChI is InChI=1S/C12H10IN3/c13-9-1-5-11(6-2-9)15-16-12-7-3-10(14)4-8-12/h1-8H,14H2. The molecule has 16 heavy (non-hydrogen) atoms. The van der Waals surface area contributed by atoms with Crippen molar-refractivity contribution in [2.75, 3.05) is 5.73 Å². The molecule has 2 N–H and O–H groups in total. The Morgan fingerprint density at radius 3 is 1.69 bits per heavy atom. The van der Waals surface area contributed by atoms with E-state index in [-0.39, 0.29) is 0 Å². The van der Waals surface area contributed by atoms with E-state index in [9.17, 15) is 0 Å². The first-order chi connectivity index (χ1) is 7.74. The maximum absolute atomic E-state index is 5.58. The van der Waals surface area contributed by atoms with Crippen LogP contribution in [0.1, 0.15) is 0 Å². The summed E-state index contributed by atoms with van der Waals surface area (Å²) in [5, 5.41) is 8.24. The lowest BCUT2D eigenvalue weighted by atomic mass is 10.3. The van der Waals surface area contributed by atoms with Gasteiger partial charge in [0.25, 0.3) is 0 Å². The Bertz CT molecular complexity index is 441. The van der Waals surface area contributed by atoms with Gasteiger partial charge < -0.3 is 5.73 Å². The summed E-state index contributed by atoms with van der Waals surface area (Å²) in [5.41, 5.74) is 7.95. The molecule has 0 radical (unpaired) electrons. The van der Waals surface area contributed by atoms with E-state index in [4.69, 9.17) is 5.73 Å². The van der Waals surface area contributed by atoms with E-state index in [1.165, 1.54) is 3.57 Å². The van der Waals surface area contributed by atoms with Gasteiger partial charge in [-0.1, -0.05) is 0 Å². The molecule has 0 fully saturated rings. The largest absolute Gasteiger partial charge is 0.399 e. The van der Waals surface area contributed by atoms with E-state index in [2.05, 4.69) is 32.8 Å². The van der Waals surface area contributed by atoms with Gasteiger partial charge in [-0.2, -0.15) is 10.2 Å². The van der Waals surface area contributed by atoms with Gasteiger partial charge >= 0.3 is 0 Å². The van der Waals surface area contributed by atoms with Crippen LogP contribution in [0.25, 0.3) is 0 Å². The molecular weight excluding hydrogens is 313 g/mol. The zero-order valence-corrected chi connectivity index (χ0v) is 10.6. The van der Waals surface area contributed by atoms with Gasteiger partial charge in [-0.3, -0.25) is 0 Å². The van der Waals surface area contributed by atoms with Gasteiger partial charge in [-0.25, -0.2) is 0 Å². The average Bonchev–Trinajstić information content (AvgIpc) is 2.30. The van der Waals surface area contributed by atoms with Crippen molar-refractivity contribution in [3.63, 3.8) is 0 Å². The molecule has 0 aromatic heterocycles. The molecule has 0 aliphatic heterocycles. The van der Waals surface area contributed by atoms with E-state index < -0.39 is 0 Å². The van der Waals surface area contributed by atoms with Crippen LogP contribution in [0, 0.1) is 3.57 Å². The highest BCUT2D eigenvalue weighted by molar-refractivity contribution is 14.1. The molecule has 0 atom stereocenters. The highest BCUT2D eigenvalue weighted by Crippen LogP contribution is 2.19. The van der Waals surface area contributed by atoms with Crippen molar-refractivity contribution in [3.8, 4) is 0 Å². The van der Waals surface area contributed by atoms with Crippen LogP contribution >= 0.6 is 22.6 Å². The molecule has 2 aromatic rings. The Balaban J connectivity index is 2.15. The second kappa shape index (κ2) is 5.07. The number of nitrogens with zero attached hydrogens (tertiary/aromatic N) is 2. The summed E-state index contributed by atoms with van der Waals surface area (Å²) in [6, 6.07) is 15.2. The molecule has 80 valence electrons. The Labute approximate surface area is 108 Å². The van der Waals surface area contributed by atoms with Gasteiger partial charge in [-0.15, -0.1) is 0 Å². The summed E-state index contributed by atoms with van der Waals surface area (Å²) in [6.07, 6.45) is 0. The summed E-state index contributed by atoms with van der Waals surface area (Å²) in [7, 11) is 0. The van der Waals surface area contributed by atoms with Gasteiger partial charge in [0.1, 0.15) is 0 Å². The highest BCUT2D eigenvalue weighted by Gasteiger charge is 1.91. The molecule has 2 aromatic carbocycles. The molecule has 0 aliphatic rings. The third-order valence-corrected chi connectivity index (χ3v) is 2.72. The molecular formula is C12H10IN3. The number of azo groups is 1. The molecule has 0 bridgehead atoms. The molecule has 0 saturated carbocycles. The second-order valence-corrected chi connectivity index (χ2v) is 4.51. The van der Waals surface area contributed by atoms with Crippen LogP contribution in [0.3, 0.4) is 0 Å². The molecule has 4 heteroatoms. The minimum absolute atomic E-state index is 0.730. The van der Waals surface area contributed by atoms with E-state index >= 15 is 0 Å². The van der Waals surface area contributed by atoms with Gasteiger partial charge in [-0.05, 0) is 71.1 Å². The summed E-state index contributed by atoms with van der Waals surface area (Å²) >= 11 is 2.25. The summed E-state index contributed by atoms with van der Waals surface area (Å²) in [6.45, 7) is 0. The first-order valence-electron chi connectivity index (χ1n) is 4.77. The van der Waals surface area contributed by atoms with Crippen LogP contribution in [0.5, 0.6) is 0 Å². The van der Waals surface area contributed by atoms with Gasteiger partial charge in [0, 0.05) is 9.26 Å². The molecule has 0 saturated heterocycles. The molecule has 0 unspecified atom stereocenters. The van der Waals surface area contributed by atoms with Crippen molar-refractivity contribution < 1.29 is 0 Å². The molecule has 0 heterocycles. The number of hydrogen-bond donors (Lipinski definition) is 1. The minimum Gasteiger partial charge on any atom is -0.399 e. The fourth-order valence-electron chi connectivity index (χ4n) is 1.16. The average molecular weight is 323 g/mol. The molecule has 2 rings (SSSR count). The SMILES string of the molecule is Nc1ccc(N=Nc2ccc(I)cc2)cc1. The smallest absolute Gasteiger partial charge is 0.0858 e. The predicted octanol–water partition coefficient (Wildman–Crippen LogP) is 4.29. The van der Waals surface area contributed by atoms with Crippen LogP contribution in [-0.2, 0) is 0 Å². The van der Waals surface area contributed by atoms with Crippen molar-refractivity contribution in [2.24, 2.45) is 10.2 Å². The zero-order valence-electron chi connectivity index (χ0n) is 8.47. The Hall–Kier alpha value is -1.43. The number of anilines is 1. The van der Waals surface area contributed by atoms with Crippen LogP contribution < -0.4 is 5.73 Å². The lowest BCUT2D eigenvalue weighted by Gasteiger charge is -1.94. The minimum atomic E-state index is 0.730. The Kier molecular flexibility index (Phi) is 3.51. The highest BCUT2D eigenvalue weighted by atomic mass is 127. The second-order valence-electron chi connectivity index (χ2n) is 3.27. The lowest BCUT2D eigenvalue weighted by molar-refractivity contribution is 1.23. The Morgan fingerprint density at radius 1 is 0.750 bits per heavy atom. The van der Waals surface area contributed by atoms with Crippen LogP contribution in [0.4, 0.5) is 17.1 Å². The fraction of sp³-hybridized carbons (Fsp3) is 0. The maximum Gasteiger partial charge on any atom is 0.0858 e. The number of halogens is 1. The van der Waals surface area contributed by atoms with Crippen molar-refractivity contribution in [1.29, 1.82) is 0 Å². The predicted molar refractivity (Wildman–Crippen MR) is 74.2 cm³/mol. The first kappa shape index (κ1) is 11.1. The zero-order chi connectivity index (χ0) is 11.4. The third kappa shape index (κ3) is 3.03. The normalized spacial score (nSPS) is 10.8. The Morgan fingerprint density at radius 2 is 1.19 bits per heavy atom. The van der Waals surface area contributed by atoms with E-state index in [1.807, 2.05) is 48.5 Å². The monoisotopic (exact) mass is 323 g/mol. The van der Waals surface area contributed by atoms with Crippen LogP contribution in [0.2, 0.25) is 0 Å². The third-order valence-electron chi connectivity index (χ3n) is 2.00. The van der Waals surface area contributed by atoms with Crippen molar-refractivity contribution >= 4 is 39.7 Å². The quantitative estimate of drug-likeness (QED) is 0.500. The van der Waals surface area contributed by atoms with Crippen LogP contribution in [-0.4, -0.2) is 0 Å². The summed E-state index contributed by atoms with van der Waals surface area (Å²) in [4.78, 5) is 0. The molecule has 0 amide bonds. The molecule has 0 aliphatic carbocycles. The number of nitrogen functional groups attached to an aromatic ring is 1.